The molecule has 3 aromatic rings. The van der Waals surface area contributed by atoms with Gasteiger partial charge >= 0.3 is 12.0 Å². The molecule has 0 radical (unpaired) electrons. The van der Waals surface area contributed by atoms with Gasteiger partial charge in [0.15, 0.2) is 0 Å². The fourth-order valence-corrected chi connectivity index (χ4v) is 3.53. The molecule has 1 fully saturated rings. The van der Waals surface area contributed by atoms with E-state index < -0.39 is 23.8 Å². The molecular weight excluding hydrogens is 460 g/mol. The molecule has 1 saturated heterocycles. The number of hydrogen-bond donors (Lipinski definition) is 2. The maximum absolute atomic E-state index is 13.1. The molecule has 0 spiro atoms. The number of nitrogens with one attached hydrogen (secondary N) is 1. The van der Waals surface area contributed by atoms with Crippen molar-refractivity contribution in [1.29, 1.82) is 0 Å². The first kappa shape index (κ1) is 22.8. The fraction of sp³-hybridized carbons (Fsp3) is 0.0400. The largest absolute Gasteiger partial charge is 0.488 e. The molecule has 34 heavy (non-hydrogen) atoms. The van der Waals surface area contributed by atoms with E-state index in [2.05, 4.69) is 5.32 Å². The van der Waals surface area contributed by atoms with Crippen molar-refractivity contribution in [2.75, 3.05) is 4.90 Å². The van der Waals surface area contributed by atoms with Crippen molar-refractivity contribution < 1.29 is 29.0 Å². The van der Waals surface area contributed by atoms with Crippen molar-refractivity contribution in [2.45, 2.75) is 6.61 Å². The summed E-state index contributed by atoms with van der Waals surface area (Å²) in [6.07, 6.45) is 1.34. The first-order valence-corrected chi connectivity index (χ1v) is 10.4. The number of benzene rings is 3. The summed E-state index contributed by atoms with van der Waals surface area (Å²) in [7, 11) is 0. The number of urea groups is 1. The van der Waals surface area contributed by atoms with Crippen molar-refractivity contribution in [3.63, 3.8) is 0 Å². The highest BCUT2D eigenvalue weighted by Crippen LogP contribution is 2.26. The SMILES string of the molecule is O=C1NC(=O)N(c2ccc(C(=O)O)cc2)C(=O)/C1=C/c1ccccc1OCc1cccc(Cl)c1. The number of barbiturate groups is 1. The molecule has 3 aromatic carbocycles. The lowest BCUT2D eigenvalue weighted by Gasteiger charge is -2.26. The van der Waals surface area contributed by atoms with Crippen LogP contribution in [0.2, 0.25) is 5.02 Å². The van der Waals surface area contributed by atoms with Gasteiger partial charge in [-0.1, -0.05) is 41.9 Å². The van der Waals surface area contributed by atoms with Gasteiger partial charge in [0.25, 0.3) is 11.8 Å². The third-order valence-corrected chi connectivity index (χ3v) is 5.21. The fourth-order valence-electron chi connectivity index (χ4n) is 3.32. The number of nitrogens with zero attached hydrogens (tertiary/aromatic N) is 1. The second-order valence-electron chi connectivity index (χ2n) is 7.27. The van der Waals surface area contributed by atoms with E-state index in [9.17, 15) is 19.2 Å². The van der Waals surface area contributed by atoms with Gasteiger partial charge < -0.3 is 9.84 Å². The number of carbonyl (C=O) groups is 4. The molecule has 4 amide bonds. The Balaban J connectivity index is 1.63. The van der Waals surface area contributed by atoms with Crippen LogP contribution in [0, 0.1) is 0 Å². The summed E-state index contributed by atoms with van der Waals surface area (Å²) < 4.78 is 5.88. The third-order valence-electron chi connectivity index (χ3n) is 4.98. The molecule has 0 atom stereocenters. The average Bonchev–Trinajstić information content (AvgIpc) is 2.81. The quantitative estimate of drug-likeness (QED) is 0.405. The van der Waals surface area contributed by atoms with Crippen molar-refractivity contribution >= 4 is 47.2 Å². The first-order valence-electron chi connectivity index (χ1n) is 10.0. The summed E-state index contributed by atoms with van der Waals surface area (Å²) in [6.45, 7) is 0.210. The normalized spacial score (nSPS) is 14.8. The predicted octanol–water partition coefficient (Wildman–Crippen LogP) is 4.28. The summed E-state index contributed by atoms with van der Waals surface area (Å²) in [5, 5.41) is 11.8. The van der Waals surface area contributed by atoms with E-state index in [0.29, 0.717) is 16.3 Å². The predicted molar refractivity (Wildman–Crippen MR) is 125 cm³/mol. The average molecular weight is 477 g/mol. The van der Waals surface area contributed by atoms with Crippen LogP contribution < -0.4 is 15.0 Å². The summed E-state index contributed by atoms with van der Waals surface area (Å²) in [6, 6.07) is 18.2. The number of ether oxygens (including phenoxy) is 1. The minimum absolute atomic E-state index is 0.00811. The van der Waals surface area contributed by atoms with Crippen LogP contribution in [0.15, 0.2) is 78.4 Å². The minimum Gasteiger partial charge on any atom is -0.488 e. The van der Waals surface area contributed by atoms with Crippen LogP contribution in [0.5, 0.6) is 5.75 Å². The summed E-state index contributed by atoms with van der Waals surface area (Å²) in [4.78, 5) is 49.8. The van der Waals surface area contributed by atoms with Crippen LogP contribution in [-0.2, 0) is 16.2 Å². The van der Waals surface area contributed by atoms with Gasteiger partial charge in [-0.15, -0.1) is 0 Å². The van der Waals surface area contributed by atoms with E-state index in [-0.39, 0.29) is 23.4 Å². The zero-order chi connectivity index (χ0) is 24.2. The molecule has 9 heteroatoms. The molecule has 0 bridgehead atoms. The van der Waals surface area contributed by atoms with E-state index in [1.165, 1.54) is 30.3 Å². The van der Waals surface area contributed by atoms with Gasteiger partial charge in [0.1, 0.15) is 17.9 Å². The second-order valence-corrected chi connectivity index (χ2v) is 7.70. The third kappa shape index (κ3) is 4.82. The molecule has 0 unspecified atom stereocenters. The highest BCUT2D eigenvalue weighted by Gasteiger charge is 2.37. The lowest BCUT2D eigenvalue weighted by atomic mass is 10.1. The number of aromatic carboxylic acids is 1. The van der Waals surface area contributed by atoms with Gasteiger partial charge in [-0.3, -0.25) is 14.9 Å². The molecule has 0 aliphatic carbocycles. The van der Waals surface area contributed by atoms with E-state index in [1.807, 2.05) is 6.07 Å². The minimum atomic E-state index is -1.15. The lowest BCUT2D eigenvalue weighted by molar-refractivity contribution is -0.122. The molecule has 1 aliphatic rings. The van der Waals surface area contributed by atoms with E-state index in [0.717, 1.165) is 10.5 Å². The number of carboxylic acids is 1. The summed E-state index contributed by atoms with van der Waals surface area (Å²) in [5.74, 6) is -2.42. The molecule has 0 saturated carbocycles. The highest BCUT2D eigenvalue weighted by atomic mass is 35.5. The lowest BCUT2D eigenvalue weighted by Crippen LogP contribution is -2.54. The maximum Gasteiger partial charge on any atom is 0.335 e. The van der Waals surface area contributed by atoms with Crippen LogP contribution in [0.25, 0.3) is 6.08 Å². The topological polar surface area (TPSA) is 113 Å². The first-order chi connectivity index (χ1) is 16.3. The van der Waals surface area contributed by atoms with Crippen molar-refractivity contribution in [2.24, 2.45) is 0 Å². The van der Waals surface area contributed by atoms with Crippen LogP contribution in [0.1, 0.15) is 21.5 Å². The Morgan fingerprint density at radius 2 is 1.74 bits per heavy atom. The number of para-hydroxylation sites is 1. The Morgan fingerprint density at radius 3 is 2.44 bits per heavy atom. The molecule has 0 aromatic heterocycles. The molecule has 1 aliphatic heterocycles. The Bertz CT molecular complexity index is 1330. The number of amides is 4. The van der Waals surface area contributed by atoms with Crippen molar-refractivity contribution in [3.8, 4) is 5.75 Å². The molecular formula is C25H17ClN2O6. The Kier molecular flexibility index (Phi) is 6.42. The van der Waals surface area contributed by atoms with E-state index >= 15 is 0 Å². The van der Waals surface area contributed by atoms with Crippen molar-refractivity contribution in [1.82, 2.24) is 5.32 Å². The number of halogens is 1. The van der Waals surface area contributed by atoms with E-state index in [1.54, 1.807) is 42.5 Å². The number of carbonyl (C=O) groups excluding carboxylic acids is 3. The summed E-state index contributed by atoms with van der Waals surface area (Å²) in [5.41, 5.74) is 1.13. The second kappa shape index (κ2) is 9.60. The molecule has 2 N–H and O–H groups in total. The van der Waals surface area contributed by atoms with Gasteiger partial charge in [0.05, 0.1) is 11.3 Å². The zero-order valence-electron chi connectivity index (χ0n) is 17.5. The number of imide groups is 2. The molecule has 170 valence electrons. The Labute approximate surface area is 199 Å². The monoisotopic (exact) mass is 476 g/mol. The van der Waals surface area contributed by atoms with Crippen LogP contribution >= 0.6 is 11.6 Å². The Hall–Kier alpha value is -4.43. The van der Waals surface area contributed by atoms with Crippen molar-refractivity contribution in [3.05, 3.63) is 100 Å². The van der Waals surface area contributed by atoms with Crippen LogP contribution in [0.4, 0.5) is 10.5 Å². The maximum atomic E-state index is 13.1. The molecule has 8 nitrogen and oxygen atoms in total. The number of carboxylic acid groups (broad SMARTS) is 1. The number of anilines is 1. The van der Waals surface area contributed by atoms with Gasteiger partial charge in [0.2, 0.25) is 0 Å². The van der Waals surface area contributed by atoms with E-state index in [4.69, 9.17) is 21.4 Å². The van der Waals surface area contributed by atoms with Gasteiger partial charge in [0, 0.05) is 10.6 Å². The standard InChI is InChI=1S/C25H17ClN2O6/c26-18-6-3-4-15(12-18)14-34-21-7-2-1-5-17(21)13-20-22(29)27-25(33)28(23(20)30)19-10-8-16(9-11-19)24(31)32/h1-13H,14H2,(H,31,32)(H,27,29,33)/b20-13+. The Morgan fingerprint density at radius 1 is 1.00 bits per heavy atom. The molecule has 1 heterocycles. The van der Waals surface area contributed by atoms with Gasteiger partial charge in [-0.05, 0) is 54.1 Å². The summed E-state index contributed by atoms with van der Waals surface area (Å²) >= 11 is 6.01. The zero-order valence-corrected chi connectivity index (χ0v) is 18.3. The van der Waals surface area contributed by atoms with Gasteiger partial charge in [-0.25, -0.2) is 14.5 Å². The van der Waals surface area contributed by atoms with Crippen LogP contribution in [-0.4, -0.2) is 28.9 Å². The van der Waals surface area contributed by atoms with Crippen LogP contribution in [0.3, 0.4) is 0 Å². The van der Waals surface area contributed by atoms with Gasteiger partial charge in [-0.2, -0.15) is 0 Å². The number of hydrogen-bond acceptors (Lipinski definition) is 5. The smallest absolute Gasteiger partial charge is 0.335 e. The highest BCUT2D eigenvalue weighted by molar-refractivity contribution is 6.39. The number of rotatable bonds is 6. The molecule has 4 rings (SSSR count).